The van der Waals surface area contributed by atoms with E-state index in [1.165, 1.54) is 4.68 Å². The molecule has 0 atom stereocenters. The summed E-state index contributed by atoms with van der Waals surface area (Å²) in [5.41, 5.74) is 0.440. The number of rotatable bonds is 8. The Kier molecular flexibility index (Phi) is 6.98. The Morgan fingerprint density at radius 2 is 2.26 bits per heavy atom. The summed E-state index contributed by atoms with van der Waals surface area (Å²) in [4.78, 5) is 10.7. The van der Waals surface area contributed by atoms with E-state index < -0.39 is 4.92 Å². The summed E-state index contributed by atoms with van der Waals surface area (Å²) >= 11 is 0. The number of aliphatic hydroxyl groups is 1. The first kappa shape index (κ1) is 18.9. The van der Waals surface area contributed by atoms with E-state index in [9.17, 15) is 10.1 Å². The van der Waals surface area contributed by atoms with Crippen LogP contribution in [0.25, 0.3) is 0 Å². The maximum Gasteiger partial charge on any atom is 0.333 e. The molecular formula is C13H21ClN6O3. The molecule has 9 nitrogen and oxygen atoms in total. The summed E-state index contributed by atoms with van der Waals surface area (Å²) in [5.74, 6) is 0.436. The molecule has 0 aromatic carbocycles. The SMILES string of the molecule is Cc1nn(C)c(NCCC[n+]2ccn(CCO)c2)c1[N+](=O)[O-].[Cl-]. The highest BCUT2D eigenvalue weighted by molar-refractivity contribution is 5.59. The fraction of sp³-hybridized carbons (Fsp3) is 0.538. The van der Waals surface area contributed by atoms with Crippen LogP contribution in [0.5, 0.6) is 0 Å². The minimum Gasteiger partial charge on any atom is -1.00 e. The van der Waals surface area contributed by atoms with Crippen molar-refractivity contribution in [2.24, 2.45) is 7.05 Å². The van der Waals surface area contributed by atoms with Crippen LogP contribution in [0.15, 0.2) is 18.7 Å². The standard InChI is InChI=1S/C13H21N6O3.ClH/c1-11-12(19(21)22)13(16(2)15-11)14-4-3-5-17-6-7-18(10-17)8-9-20;/h6-7,10,14,20H,3-5,8-9H2,1-2H3;1H/q+1;/p-1. The number of halogens is 1. The maximum absolute atomic E-state index is 11.1. The van der Waals surface area contributed by atoms with Crippen LogP contribution in [0.1, 0.15) is 12.1 Å². The number of anilines is 1. The normalized spacial score (nSPS) is 10.4. The zero-order valence-corrected chi connectivity index (χ0v) is 13.9. The molecule has 0 unspecified atom stereocenters. The number of aromatic nitrogens is 4. The molecule has 0 amide bonds. The molecule has 128 valence electrons. The van der Waals surface area contributed by atoms with Crippen molar-refractivity contribution in [3.63, 3.8) is 0 Å². The van der Waals surface area contributed by atoms with Crippen molar-refractivity contribution >= 4 is 11.5 Å². The summed E-state index contributed by atoms with van der Waals surface area (Å²) in [7, 11) is 1.69. The minimum atomic E-state index is -0.408. The second kappa shape index (κ2) is 8.49. The van der Waals surface area contributed by atoms with Gasteiger partial charge in [0.05, 0.1) is 18.1 Å². The predicted molar refractivity (Wildman–Crippen MR) is 79.4 cm³/mol. The van der Waals surface area contributed by atoms with Crippen LogP contribution < -0.4 is 22.3 Å². The van der Waals surface area contributed by atoms with Gasteiger partial charge in [0, 0.05) is 20.0 Å². The van der Waals surface area contributed by atoms with Gasteiger partial charge < -0.3 is 22.8 Å². The van der Waals surface area contributed by atoms with Crippen LogP contribution in [0.2, 0.25) is 0 Å². The smallest absolute Gasteiger partial charge is 0.333 e. The monoisotopic (exact) mass is 344 g/mol. The van der Waals surface area contributed by atoms with Crippen molar-refractivity contribution < 1.29 is 27.0 Å². The lowest BCUT2D eigenvalue weighted by Gasteiger charge is -2.05. The molecule has 2 aromatic rings. The predicted octanol–water partition coefficient (Wildman–Crippen LogP) is -2.78. The van der Waals surface area contributed by atoms with Gasteiger partial charge in [-0.05, 0) is 6.92 Å². The van der Waals surface area contributed by atoms with Crippen molar-refractivity contribution in [3.05, 3.63) is 34.5 Å². The third kappa shape index (κ3) is 4.67. The van der Waals surface area contributed by atoms with Crippen LogP contribution in [0, 0.1) is 17.0 Å². The second-order valence-electron chi connectivity index (χ2n) is 5.06. The summed E-state index contributed by atoms with van der Waals surface area (Å²) in [6.07, 6.45) is 6.58. The van der Waals surface area contributed by atoms with Crippen LogP contribution in [0.4, 0.5) is 11.5 Å². The number of aryl methyl sites for hydroxylation is 3. The first-order valence-corrected chi connectivity index (χ1v) is 7.10. The lowest BCUT2D eigenvalue weighted by atomic mass is 10.3. The number of hydrogen-bond acceptors (Lipinski definition) is 5. The lowest BCUT2D eigenvalue weighted by molar-refractivity contribution is -0.696. The van der Waals surface area contributed by atoms with E-state index in [4.69, 9.17) is 5.11 Å². The molecule has 2 heterocycles. The number of aliphatic hydroxyl groups excluding tert-OH is 1. The average Bonchev–Trinajstić information content (AvgIpc) is 3.00. The average molecular weight is 345 g/mol. The lowest BCUT2D eigenvalue weighted by Crippen LogP contribution is -3.00. The van der Waals surface area contributed by atoms with E-state index >= 15 is 0 Å². The van der Waals surface area contributed by atoms with E-state index in [-0.39, 0.29) is 24.7 Å². The molecule has 0 saturated heterocycles. The van der Waals surface area contributed by atoms with Crippen LogP contribution in [-0.2, 0) is 20.1 Å². The summed E-state index contributed by atoms with van der Waals surface area (Å²) in [5, 5.41) is 27.1. The van der Waals surface area contributed by atoms with E-state index in [1.807, 2.05) is 27.9 Å². The third-order valence-corrected chi connectivity index (χ3v) is 3.36. The summed E-state index contributed by atoms with van der Waals surface area (Å²) in [6.45, 7) is 3.71. The molecule has 2 aromatic heterocycles. The van der Waals surface area contributed by atoms with Crippen molar-refractivity contribution in [2.75, 3.05) is 18.5 Å². The second-order valence-corrected chi connectivity index (χ2v) is 5.06. The first-order chi connectivity index (χ1) is 10.5. The van der Waals surface area contributed by atoms with E-state index in [1.54, 1.807) is 14.0 Å². The number of imidazole rings is 1. The fourth-order valence-corrected chi connectivity index (χ4v) is 2.35. The molecule has 0 fully saturated rings. The summed E-state index contributed by atoms with van der Waals surface area (Å²) in [6, 6.07) is 0. The molecule has 0 radical (unpaired) electrons. The molecule has 23 heavy (non-hydrogen) atoms. The van der Waals surface area contributed by atoms with Gasteiger partial charge in [-0.1, -0.05) is 0 Å². The first-order valence-electron chi connectivity index (χ1n) is 7.10. The Hall–Kier alpha value is -2.13. The molecule has 0 aliphatic rings. The summed E-state index contributed by atoms with van der Waals surface area (Å²) < 4.78 is 5.42. The van der Waals surface area contributed by atoms with Crippen LogP contribution in [0.3, 0.4) is 0 Å². The minimum absolute atomic E-state index is 0. The molecule has 2 N–H and O–H groups in total. The van der Waals surface area contributed by atoms with Gasteiger partial charge in [-0.2, -0.15) is 5.10 Å². The Bertz CT molecular complexity index is 654. The van der Waals surface area contributed by atoms with Gasteiger partial charge >= 0.3 is 5.69 Å². The molecule has 0 saturated carbocycles. The molecule has 0 bridgehead atoms. The van der Waals surface area contributed by atoms with E-state index in [2.05, 4.69) is 10.4 Å². The highest BCUT2D eigenvalue weighted by Crippen LogP contribution is 2.26. The Labute approximate surface area is 140 Å². The Morgan fingerprint density at radius 1 is 1.52 bits per heavy atom. The zero-order chi connectivity index (χ0) is 16.1. The van der Waals surface area contributed by atoms with Crippen molar-refractivity contribution in [3.8, 4) is 0 Å². The Morgan fingerprint density at radius 3 is 2.91 bits per heavy atom. The van der Waals surface area contributed by atoms with E-state index in [0.717, 1.165) is 13.0 Å². The largest absolute Gasteiger partial charge is 1.00 e. The topological polar surface area (TPSA) is 102 Å². The van der Waals surface area contributed by atoms with Gasteiger partial charge in [-0.15, -0.1) is 0 Å². The highest BCUT2D eigenvalue weighted by atomic mass is 35.5. The van der Waals surface area contributed by atoms with Gasteiger partial charge in [0.2, 0.25) is 12.1 Å². The van der Waals surface area contributed by atoms with Gasteiger partial charge in [0.1, 0.15) is 24.6 Å². The quantitative estimate of drug-likeness (QED) is 0.233. The van der Waals surface area contributed by atoms with Gasteiger partial charge in [0.15, 0.2) is 0 Å². The Balaban J connectivity index is 0.00000264. The molecule has 0 aliphatic heterocycles. The van der Waals surface area contributed by atoms with Gasteiger partial charge in [-0.3, -0.25) is 10.1 Å². The van der Waals surface area contributed by atoms with Crippen molar-refractivity contribution in [1.29, 1.82) is 0 Å². The number of nitrogens with zero attached hydrogens (tertiary/aromatic N) is 5. The number of nitrogens with one attached hydrogen (secondary N) is 1. The number of nitro groups is 1. The zero-order valence-electron chi connectivity index (χ0n) is 13.1. The fourth-order valence-electron chi connectivity index (χ4n) is 2.35. The highest BCUT2D eigenvalue weighted by Gasteiger charge is 2.23. The van der Waals surface area contributed by atoms with Crippen LogP contribution >= 0.6 is 0 Å². The molecular weight excluding hydrogens is 324 g/mol. The van der Waals surface area contributed by atoms with Crippen molar-refractivity contribution in [2.45, 2.75) is 26.4 Å². The molecule has 2 rings (SSSR count). The van der Waals surface area contributed by atoms with Gasteiger partial charge in [0.25, 0.3) is 0 Å². The molecule has 0 aliphatic carbocycles. The van der Waals surface area contributed by atoms with Crippen LogP contribution in [-0.4, -0.2) is 37.5 Å². The molecule has 10 heteroatoms. The molecule has 0 spiro atoms. The van der Waals surface area contributed by atoms with Gasteiger partial charge in [-0.25, -0.2) is 13.8 Å². The third-order valence-electron chi connectivity index (χ3n) is 3.36. The number of hydrogen-bond donors (Lipinski definition) is 2. The van der Waals surface area contributed by atoms with Crippen molar-refractivity contribution in [1.82, 2.24) is 14.3 Å². The maximum atomic E-state index is 11.1. The van der Waals surface area contributed by atoms with E-state index in [0.29, 0.717) is 24.6 Å².